The second-order valence-electron chi connectivity index (χ2n) is 5.14. The quantitative estimate of drug-likeness (QED) is 0.725. The fourth-order valence-electron chi connectivity index (χ4n) is 1.26. The Kier molecular flexibility index (Phi) is 6.36. The van der Waals surface area contributed by atoms with E-state index in [1.165, 1.54) is 4.90 Å². The van der Waals surface area contributed by atoms with Crippen molar-refractivity contribution in [2.24, 2.45) is 5.41 Å². The molecule has 0 heterocycles. The smallest absolute Gasteiger partial charge is 0.323 e. The molecule has 6 nitrogen and oxygen atoms in total. The van der Waals surface area contributed by atoms with E-state index < -0.39 is 11.4 Å². The number of hydrogen-bond acceptors (Lipinski definition) is 3. The van der Waals surface area contributed by atoms with Gasteiger partial charge in [0.05, 0.1) is 6.54 Å². The van der Waals surface area contributed by atoms with Crippen LogP contribution in [0.1, 0.15) is 34.1 Å². The normalized spacial score (nSPS) is 10.9. The fraction of sp³-hybridized carbons (Fsp3) is 0.750. The number of rotatable bonds is 6. The van der Waals surface area contributed by atoms with Crippen LogP contribution in [-0.4, -0.2) is 47.4 Å². The van der Waals surface area contributed by atoms with Crippen LogP contribution in [0.5, 0.6) is 0 Å². The molecule has 0 spiro atoms. The minimum Gasteiger partial charge on any atom is -0.480 e. The molecule has 0 saturated carbocycles. The maximum atomic E-state index is 11.7. The zero-order valence-corrected chi connectivity index (χ0v) is 11.4. The van der Waals surface area contributed by atoms with Crippen LogP contribution in [0.2, 0.25) is 0 Å². The van der Waals surface area contributed by atoms with Crippen molar-refractivity contribution in [1.82, 2.24) is 10.2 Å². The number of carbonyl (C=O) groups is 3. The molecular formula is C12H22N2O4. The van der Waals surface area contributed by atoms with E-state index in [9.17, 15) is 14.4 Å². The highest BCUT2D eigenvalue weighted by molar-refractivity contribution is 5.88. The predicted molar refractivity (Wildman–Crippen MR) is 67.0 cm³/mol. The highest BCUT2D eigenvalue weighted by Gasteiger charge is 2.23. The first-order valence-corrected chi connectivity index (χ1v) is 5.96. The van der Waals surface area contributed by atoms with Gasteiger partial charge in [-0.1, -0.05) is 27.7 Å². The van der Waals surface area contributed by atoms with Gasteiger partial charge in [0.2, 0.25) is 11.8 Å². The van der Waals surface area contributed by atoms with Crippen LogP contribution in [0.3, 0.4) is 0 Å². The topological polar surface area (TPSA) is 86.7 Å². The van der Waals surface area contributed by atoms with Crippen LogP contribution < -0.4 is 5.32 Å². The molecule has 18 heavy (non-hydrogen) atoms. The molecule has 0 atom stereocenters. The summed E-state index contributed by atoms with van der Waals surface area (Å²) in [4.78, 5) is 35.2. The molecule has 0 unspecified atom stereocenters. The van der Waals surface area contributed by atoms with Gasteiger partial charge in [-0.15, -0.1) is 0 Å². The average Bonchev–Trinajstić information content (AvgIpc) is 2.22. The predicted octanol–water partition coefficient (Wildman–Crippen LogP) is 0.472. The van der Waals surface area contributed by atoms with Crippen molar-refractivity contribution < 1.29 is 19.5 Å². The molecule has 0 saturated heterocycles. The molecule has 0 bridgehead atoms. The molecule has 0 aliphatic carbocycles. The van der Waals surface area contributed by atoms with E-state index in [1.54, 1.807) is 20.8 Å². The average molecular weight is 258 g/mol. The Morgan fingerprint density at radius 1 is 1.22 bits per heavy atom. The van der Waals surface area contributed by atoms with Crippen molar-refractivity contribution in [2.75, 3.05) is 19.6 Å². The molecule has 2 N–H and O–H groups in total. The van der Waals surface area contributed by atoms with Crippen LogP contribution in [0, 0.1) is 5.41 Å². The summed E-state index contributed by atoms with van der Waals surface area (Å²) >= 11 is 0. The maximum absolute atomic E-state index is 11.7. The lowest BCUT2D eigenvalue weighted by Gasteiger charge is -2.22. The zero-order chi connectivity index (χ0) is 14.3. The first kappa shape index (κ1) is 16.4. The lowest BCUT2D eigenvalue weighted by Crippen LogP contribution is -2.45. The number of carbonyl (C=O) groups excluding carboxylic acids is 2. The maximum Gasteiger partial charge on any atom is 0.323 e. The molecule has 0 fully saturated rings. The van der Waals surface area contributed by atoms with Crippen LogP contribution in [0.25, 0.3) is 0 Å². The largest absolute Gasteiger partial charge is 0.480 e. The fourth-order valence-corrected chi connectivity index (χ4v) is 1.26. The number of nitrogens with one attached hydrogen (secondary N) is 1. The van der Waals surface area contributed by atoms with E-state index in [0.717, 1.165) is 0 Å². The number of carboxylic acid groups (broad SMARTS) is 1. The second kappa shape index (κ2) is 6.98. The van der Waals surface area contributed by atoms with Crippen LogP contribution in [0.15, 0.2) is 0 Å². The summed E-state index contributed by atoms with van der Waals surface area (Å²) in [7, 11) is 0. The van der Waals surface area contributed by atoms with Gasteiger partial charge in [0.25, 0.3) is 0 Å². The molecule has 0 aliphatic rings. The molecule has 0 aromatic heterocycles. The summed E-state index contributed by atoms with van der Waals surface area (Å²) in [6.45, 7) is 6.96. The third kappa shape index (κ3) is 6.22. The van der Waals surface area contributed by atoms with Crippen molar-refractivity contribution in [3.8, 4) is 0 Å². The molecule has 0 rings (SSSR count). The Morgan fingerprint density at radius 2 is 1.78 bits per heavy atom. The summed E-state index contributed by atoms with van der Waals surface area (Å²) in [6, 6.07) is 0. The monoisotopic (exact) mass is 258 g/mol. The molecule has 6 heteroatoms. The standard InChI is InChI=1S/C12H22N2O4/c1-5-6-14(8-10(16)17)9(15)7-13-11(18)12(2,3)4/h5-8H2,1-4H3,(H,13,18)(H,16,17). The Bertz CT molecular complexity index is 321. The molecule has 0 aliphatic heterocycles. The van der Waals surface area contributed by atoms with E-state index in [0.29, 0.717) is 13.0 Å². The Labute approximate surface area is 107 Å². The zero-order valence-electron chi connectivity index (χ0n) is 11.4. The number of amides is 2. The van der Waals surface area contributed by atoms with E-state index in [-0.39, 0.29) is 24.9 Å². The van der Waals surface area contributed by atoms with Gasteiger partial charge in [-0.05, 0) is 6.42 Å². The van der Waals surface area contributed by atoms with E-state index >= 15 is 0 Å². The molecule has 0 aromatic carbocycles. The van der Waals surface area contributed by atoms with Crippen LogP contribution in [-0.2, 0) is 14.4 Å². The number of carboxylic acids is 1. The van der Waals surface area contributed by atoms with Gasteiger partial charge in [-0.2, -0.15) is 0 Å². The highest BCUT2D eigenvalue weighted by Crippen LogP contribution is 2.12. The highest BCUT2D eigenvalue weighted by atomic mass is 16.4. The summed E-state index contributed by atoms with van der Waals surface area (Å²) in [5.41, 5.74) is -0.567. The van der Waals surface area contributed by atoms with Crippen molar-refractivity contribution in [3.05, 3.63) is 0 Å². The van der Waals surface area contributed by atoms with Gasteiger partial charge in [0, 0.05) is 12.0 Å². The molecule has 2 amide bonds. The Morgan fingerprint density at radius 3 is 2.17 bits per heavy atom. The third-order valence-electron chi connectivity index (χ3n) is 2.25. The van der Waals surface area contributed by atoms with Crippen molar-refractivity contribution >= 4 is 17.8 Å². The number of aliphatic carboxylic acids is 1. The Balaban J connectivity index is 4.35. The second-order valence-corrected chi connectivity index (χ2v) is 5.14. The van der Waals surface area contributed by atoms with Gasteiger partial charge in [-0.25, -0.2) is 0 Å². The molecular weight excluding hydrogens is 236 g/mol. The van der Waals surface area contributed by atoms with Crippen molar-refractivity contribution in [2.45, 2.75) is 34.1 Å². The SMILES string of the molecule is CCCN(CC(=O)O)C(=O)CNC(=O)C(C)(C)C. The van der Waals surface area contributed by atoms with Gasteiger partial charge in [-0.3, -0.25) is 14.4 Å². The summed E-state index contributed by atoms with van der Waals surface area (Å²) in [5.74, 6) is -1.67. The van der Waals surface area contributed by atoms with Gasteiger partial charge in [0.1, 0.15) is 6.54 Å². The van der Waals surface area contributed by atoms with Crippen molar-refractivity contribution in [1.29, 1.82) is 0 Å². The van der Waals surface area contributed by atoms with Crippen LogP contribution >= 0.6 is 0 Å². The molecule has 0 aromatic rings. The van der Waals surface area contributed by atoms with Gasteiger partial charge >= 0.3 is 5.97 Å². The number of hydrogen-bond donors (Lipinski definition) is 2. The Hall–Kier alpha value is -1.59. The summed E-state index contributed by atoms with van der Waals surface area (Å²) in [5, 5.41) is 11.2. The van der Waals surface area contributed by atoms with Crippen LogP contribution in [0.4, 0.5) is 0 Å². The first-order valence-electron chi connectivity index (χ1n) is 5.96. The van der Waals surface area contributed by atoms with Crippen molar-refractivity contribution in [3.63, 3.8) is 0 Å². The lowest BCUT2D eigenvalue weighted by atomic mass is 9.96. The number of nitrogens with zero attached hydrogens (tertiary/aromatic N) is 1. The van der Waals surface area contributed by atoms with Gasteiger partial charge in [0.15, 0.2) is 0 Å². The summed E-state index contributed by atoms with van der Waals surface area (Å²) in [6.07, 6.45) is 0.673. The minimum absolute atomic E-state index is 0.163. The van der Waals surface area contributed by atoms with E-state index in [4.69, 9.17) is 5.11 Å². The molecule has 0 radical (unpaired) electrons. The van der Waals surface area contributed by atoms with E-state index in [2.05, 4.69) is 5.32 Å². The summed E-state index contributed by atoms with van der Waals surface area (Å²) < 4.78 is 0. The third-order valence-corrected chi connectivity index (χ3v) is 2.25. The van der Waals surface area contributed by atoms with E-state index in [1.807, 2.05) is 6.92 Å². The molecule has 104 valence electrons. The minimum atomic E-state index is -1.06. The lowest BCUT2D eigenvalue weighted by molar-refractivity contribution is -0.144. The van der Waals surface area contributed by atoms with Gasteiger partial charge < -0.3 is 15.3 Å². The first-order chi connectivity index (χ1) is 8.18.